The second kappa shape index (κ2) is 5.79. The largest absolute Gasteiger partial charge is 0.495 e. The lowest BCUT2D eigenvalue weighted by molar-refractivity contribution is 0.0982. The molecular formula is C16H20N4O2. The second-order valence-corrected chi connectivity index (χ2v) is 5.46. The van der Waals surface area contributed by atoms with Crippen LogP contribution in [-0.2, 0) is 6.54 Å². The van der Waals surface area contributed by atoms with Crippen LogP contribution in [0.1, 0.15) is 41.9 Å². The third-order valence-electron chi connectivity index (χ3n) is 3.92. The van der Waals surface area contributed by atoms with Crippen LogP contribution in [0, 0.1) is 0 Å². The molecule has 1 aliphatic rings. The van der Waals surface area contributed by atoms with E-state index in [0.717, 1.165) is 5.69 Å². The van der Waals surface area contributed by atoms with Gasteiger partial charge in [-0.05, 0) is 38.0 Å². The molecule has 0 N–H and O–H groups in total. The molecule has 6 heteroatoms. The van der Waals surface area contributed by atoms with Gasteiger partial charge in [-0.15, -0.1) is 0 Å². The zero-order chi connectivity index (χ0) is 15.7. The van der Waals surface area contributed by atoms with Gasteiger partial charge in [0.25, 0.3) is 5.91 Å². The van der Waals surface area contributed by atoms with Crippen molar-refractivity contribution in [1.82, 2.24) is 14.8 Å². The average molecular weight is 300 g/mol. The molecule has 0 aliphatic heterocycles. The number of anilines is 1. The number of nitrogens with zero attached hydrogens (tertiary/aromatic N) is 4. The predicted molar refractivity (Wildman–Crippen MR) is 83.4 cm³/mol. The third-order valence-corrected chi connectivity index (χ3v) is 3.92. The lowest BCUT2D eigenvalue weighted by atomic mass is 10.2. The van der Waals surface area contributed by atoms with Gasteiger partial charge in [0.2, 0.25) is 0 Å². The average Bonchev–Trinajstić information content (AvgIpc) is 3.32. The molecule has 0 spiro atoms. The number of amides is 1. The zero-order valence-corrected chi connectivity index (χ0v) is 13.1. The van der Waals surface area contributed by atoms with Crippen LogP contribution in [-0.4, -0.2) is 34.8 Å². The Morgan fingerprint density at radius 3 is 2.77 bits per heavy atom. The van der Waals surface area contributed by atoms with E-state index in [4.69, 9.17) is 4.74 Å². The smallest absolute Gasteiger partial charge is 0.277 e. The molecule has 0 unspecified atom stereocenters. The minimum absolute atomic E-state index is 0.0982. The Labute approximate surface area is 129 Å². The molecule has 2 heterocycles. The molecule has 22 heavy (non-hydrogen) atoms. The van der Waals surface area contributed by atoms with Gasteiger partial charge in [0, 0.05) is 19.5 Å². The Balaban J connectivity index is 1.85. The topological polar surface area (TPSA) is 60.2 Å². The van der Waals surface area contributed by atoms with Crippen LogP contribution in [0.15, 0.2) is 24.4 Å². The number of rotatable bonds is 5. The molecule has 1 aliphatic carbocycles. The van der Waals surface area contributed by atoms with Crippen molar-refractivity contribution in [3.8, 4) is 5.75 Å². The molecule has 116 valence electrons. The number of aryl methyl sites for hydroxylation is 1. The summed E-state index contributed by atoms with van der Waals surface area (Å²) >= 11 is 0. The van der Waals surface area contributed by atoms with Gasteiger partial charge in [-0.3, -0.25) is 14.4 Å². The Morgan fingerprint density at radius 2 is 2.23 bits per heavy atom. The van der Waals surface area contributed by atoms with Gasteiger partial charge in [0.1, 0.15) is 17.3 Å². The highest BCUT2D eigenvalue weighted by molar-refractivity contribution is 6.04. The van der Waals surface area contributed by atoms with Crippen LogP contribution in [0.4, 0.5) is 5.82 Å². The van der Waals surface area contributed by atoms with Crippen molar-refractivity contribution < 1.29 is 9.53 Å². The van der Waals surface area contributed by atoms with E-state index >= 15 is 0 Å². The number of ether oxygens (including phenoxy) is 1. The number of carbonyl (C=O) groups excluding carboxylic acids is 1. The lowest BCUT2D eigenvalue weighted by Crippen LogP contribution is -2.29. The van der Waals surface area contributed by atoms with Crippen molar-refractivity contribution in [2.45, 2.75) is 32.2 Å². The normalized spacial score (nSPS) is 14.0. The maximum atomic E-state index is 12.7. The van der Waals surface area contributed by atoms with Gasteiger partial charge in [-0.25, -0.2) is 4.98 Å². The van der Waals surface area contributed by atoms with Crippen molar-refractivity contribution >= 4 is 11.7 Å². The Bertz CT molecular complexity index is 674. The van der Waals surface area contributed by atoms with E-state index in [1.54, 1.807) is 42.1 Å². The molecule has 0 radical (unpaired) electrons. The first kappa shape index (κ1) is 14.6. The number of pyridine rings is 1. The van der Waals surface area contributed by atoms with Gasteiger partial charge >= 0.3 is 0 Å². The van der Waals surface area contributed by atoms with E-state index in [-0.39, 0.29) is 5.91 Å². The number of hydrogen-bond donors (Lipinski definition) is 0. The fourth-order valence-electron chi connectivity index (χ4n) is 2.40. The molecule has 3 rings (SSSR count). The van der Waals surface area contributed by atoms with E-state index in [0.29, 0.717) is 29.7 Å². The summed E-state index contributed by atoms with van der Waals surface area (Å²) in [4.78, 5) is 18.5. The summed E-state index contributed by atoms with van der Waals surface area (Å²) in [6.45, 7) is 2.67. The third kappa shape index (κ3) is 2.68. The van der Waals surface area contributed by atoms with Crippen molar-refractivity contribution in [1.29, 1.82) is 0 Å². The first-order chi connectivity index (χ1) is 10.6. The van der Waals surface area contributed by atoms with Crippen LogP contribution in [0.3, 0.4) is 0 Å². The van der Waals surface area contributed by atoms with Gasteiger partial charge < -0.3 is 4.74 Å². The van der Waals surface area contributed by atoms with Crippen molar-refractivity contribution in [2.24, 2.45) is 0 Å². The van der Waals surface area contributed by atoms with Crippen molar-refractivity contribution in [3.05, 3.63) is 35.8 Å². The Kier molecular flexibility index (Phi) is 3.83. The quantitative estimate of drug-likeness (QED) is 0.851. The summed E-state index contributed by atoms with van der Waals surface area (Å²) in [5.41, 5.74) is 1.64. The maximum Gasteiger partial charge on any atom is 0.277 e. The van der Waals surface area contributed by atoms with Gasteiger partial charge in [0.05, 0.1) is 19.0 Å². The highest BCUT2D eigenvalue weighted by Gasteiger charge is 2.29. The van der Waals surface area contributed by atoms with Crippen LogP contribution in [0.2, 0.25) is 0 Å². The Morgan fingerprint density at radius 1 is 1.45 bits per heavy atom. The van der Waals surface area contributed by atoms with Crippen LogP contribution < -0.4 is 9.64 Å². The second-order valence-electron chi connectivity index (χ2n) is 5.46. The van der Waals surface area contributed by atoms with Gasteiger partial charge in [-0.1, -0.05) is 0 Å². The number of methoxy groups -OCH3 is 1. The van der Waals surface area contributed by atoms with E-state index < -0.39 is 0 Å². The summed E-state index contributed by atoms with van der Waals surface area (Å²) in [7, 11) is 3.31. The summed E-state index contributed by atoms with van der Waals surface area (Å²) in [5.74, 6) is 1.68. The summed E-state index contributed by atoms with van der Waals surface area (Å²) < 4.78 is 6.86. The Hall–Kier alpha value is -2.37. The molecule has 1 amide bonds. The zero-order valence-electron chi connectivity index (χ0n) is 13.1. The lowest BCUT2D eigenvalue weighted by Gasteiger charge is -2.16. The molecule has 0 saturated heterocycles. The van der Waals surface area contributed by atoms with Gasteiger partial charge in [0.15, 0.2) is 0 Å². The summed E-state index contributed by atoms with van der Waals surface area (Å²) in [6.07, 6.45) is 3.94. The molecule has 6 nitrogen and oxygen atoms in total. The first-order valence-electron chi connectivity index (χ1n) is 7.50. The molecule has 2 aromatic heterocycles. The maximum absolute atomic E-state index is 12.7. The predicted octanol–water partition coefficient (Wildman–Crippen LogP) is 2.46. The monoisotopic (exact) mass is 300 g/mol. The number of carbonyl (C=O) groups is 1. The van der Waals surface area contributed by atoms with E-state index in [9.17, 15) is 4.79 Å². The van der Waals surface area contributed by atoms with E-state index in [1.165, 1.54) is 12.8 Å². The van der Waals surface area contributed by atoms with Crippen LogP contribution in [0.25, 0.3) is 0 Å². The highest BCUT2D eigenvalue weighted by atomic mass is 16.5. The van der Waals surface area contributed by atoms with Crippen molar-refractivity contribution in [2.75, 3.05) is 19.1 Å². The molecular weight excluding hydrogens is 280 g/mol. The fraction of sp³-hybridized carbons (Fsp3) is 0.438. The molecule has 1 fully saturated rings. The highest BCUT2D eigenvalue weighted by Crippen LogP contribution is 2.39. The van der Waals surface area contributed by atoms with Crippen LogP contribution in [0.5, 0.6) is 5.75 Å². The summed E-state index contributed by atoms with van der Waals surface area (Å²) in [6, 6.07) is 5.48. The molecule has 0 bridgehead atoms. The van der Waals surface area contributed by atoms with Crippen molar-refractivity contribution in [3.63, 3.8) is 0 Å². The number of hydrogen-bond acceptors (Lipinski definition) is 4. The van der Waals surface area contributed by atoms with E-state index in [1.807, 2.05) is 13.0 Å². The molecule has 1 saturated carbocycles. The molecule has 0 aromatic carbocycles. The van der Waals surface area contributed by atoms with Gasteiger partial charge in [-0.2, -0.15) is 5.10 Å². The minimum atomic E-state index is -0.0982. The fourth-order valence-corrected chi connectivity index (χ4v) is 2.40. The van der Waals surface area contributed by atoms with Crippen LogP contribution >= 0.6 is 0 Å². The first-order valence-corrected chi connectivity index (χ1v) is 7.50. The summed E-state index contributed by atoms with van der Waals surface area (Å²) in [5, 5.41) is 4.54. The standard InChI is InChI=1S/C16H20N4O2/c1-4-20-14(9-13(18-20)11-5-6-11)16(21)19(2)15-8-7-12(22-3)10-17-15/h7-11H,4-6H2,1-3H3. The van der Waals surface area contributed by atoms with E-state index in [2.05, 4.69) is 10.1 Å². The molecule has 0 atom stereocenters. The minimum Gasteiger partial charge on any atom is -0.495 e. The molecule has 2 aromatic rings. The number of aromatic nitrogens is 3. The SMILES string of the molecule is CCn1nc(C2CC2)cc1C(=O)N(C)c1ccc(OC)cn1.